The van der Waals surface area contributed by atoms with Crippen LogP contribution in [0.25, 0.3) is 0 Å². The number of nitrogens with zero attached hydrogens (tertiary/aromatic N) is 1. The molecule has 0 aliphatic carbocycles. The van der Waals surface area contributed by atoms with Gasteiger partial charge in [-0.25, -0.2) is 0 Å². The largest absolute Gasteiger partial charge is 0.348 e. The SMILES string of the molecule is CC.CN1CC[C@H](NC(=O)c2ccc(Cl)cc2)C1. The summed E-state index contributed by atoms with van der Waals surface area (Å²) in [6.07, 6.45) is 1.02. The highest BCUT2D eigenvalue weighted by Crippen LogP contribution is 2.11. The van der Waals surface area contributed by atoms with E-state index in [0.717, 1.165) is 19.5 Å². The number of halogens is 1. The average Bonchev–Trinajstić information content (AvgIpc) is 2.78. The van der Waals surface area contributed by atoms with E-state index in [-0.39, 0.29) is 11.9 Å². The number of likely N-dealkylation sites (N-methyl/N-ethyl adjacent to an activating group) is 1. The second-order valence-electron chi connectivity index (χ2n) is 4.23. The number of carbonyl (C=O) groups is 1. The van der Waals surface area contributed by atoms with Crippen LogP contribution in [0.3, 0.4) is 0 Å². The quantitative estimate of drug-likeness (QED) is 0.895. The molecule has 0 spiro atoms. The van der Waals surface area contributed by atoms with Gasteiger partial charge in [-0.1, -0.05) is 25.4 Å². The summed E-state index contributed by atoms with van der Waals surface area (Å²) in [5.41, 5.74) is 0.666. The highest BCUT2D eigenvalue weighted by Gasteiger charge is 2.21. The Hall–Kier alpha value is -1.06. The molecule has 4 heteroatoms. The molecule has 0 aromatic heterocycles. The Morgan fingerprint density at radius 1 is 1.33 bits per heavy atom. The van der Waals surface area contributed by atoms with Crippen molar-refractivity contribution >= 4 is 17.5 Å². The van der Waals surface area contributed by atoms with Crippen LogP contribution < -0.4 is 5.32 Å². The van der Waals surface area contributed by atoms with Gasteiger partial charge in [0.15, 0.2) is 0 Å². The second-order valence-corrected chi connectivity index (χ2v) is 4.66. The molecule has 1 aliphatic heterocycles. The van der Waals surface area contributed by atoms with Gasteiger partial charge in [0, 0.05) is 23.2 Å². The molecule has 0 saturated carbocycles. The minimum absolute atomic E-state index is 0.0167. The van der Waals surface area contributed by atoms with E-state index in [1.807, 2.05) is 13.8 Å². The van der Waals surface area contributed by atoms with Crippen LogP contribution in [0, 0.1) is 0 Å². The maximum absolute atomic E-state index is 11.8. The zero-order valence-corrected chi connectivity index (χ0v) is 12.0. The zero-order valence-electron chi connectivity index (χ0n) is 11.2. The number of amides is 1. The van der Waals surface area contributed by atoms with E-state index in [1.165, 1.54) is 0 Å². The number of likely N-dealkylation sites (tertiary alicyclic amines) is 1. The van der Waals surface area contributed by atoms with Crippen molar-refractivity contribution in [3.05, 3.63) is 34.9 Å². The number of rotatable bonds is 2. The minimum atomic E-state index is -0.0167. The summed E-state index contributed by atoms with van der Waals surface area (Å²) < 4.78 is 0. The van der Waals surface area contributed by atoms with Crippen LogP contribution in [0.2, 0.25) is 5.02 Å². The number of hydrogen-bond donors (Lipinski definition) is 1. The first-order chi connectivity index (χ1) is 8.65. The molecule has 1 amide bonds. The average molecular weight is 269 g/mol. The fraction of sp³-hybridized carbons (Fsp3) is 0.500. The second kappa shape index (κ2) is 7.39. The Bertz CT molecular complexity index is 378. The molecule has 100 valence electrons. The van der Waals surface area contributed by atoms with Gasteiger partial charge in [0.25, 0.3) is 5.91 Å². The lowest BCUT2D eigenvalue weighted by molar-refractivity contribution is 0.0938. The fourth-order valence-corrected chi connectivity index (χ4v) is 2.05. The van der Waals surface area contributed by atoms with Gasteiger partial charge in [-0.05, 0) is 44.3 Å². The standard InChI is InChI=1S/C12H15ClN2O.C2H6/c1-15-7-6-11(8-15)14-12(16)9-2-4-10(13)5-3-9;1-2/h2-5,11H,6-8H2,1H3,(H,14,16);1-2H3/t11-;/m0./s1. The van der Waals surface area contributed by atoms with Crippen LogP contribution in [0.4, 0.5) is 0 Å². The zero-order chi connectivity index (χ0) is 13.5. The summed E-state index contributed by atoms with van der Waals surface area (Å²) in [7, 11) is 2.06. The van der Waals surface area contributed by atoms with Crippen LogP contribution in [-0.4, -0.2) is 37.0 Å². The summed E-state index contributed by atoms with van der Waals surface area (Å²) in [5, 5.41) is 3.67. The Labute approximate surface area is 114 Å². The van der Waals surface area contributed by atoms with E-state index in [2.05, 4.69) is 17.3 Å². The minimum Gasteiger partial charge on any atom is -0.348 e. The fourth-order valence-electron chi connectivity index (χ4n) is 1.92. The highest BCUT2D eigenvalue weighted by atomic mass is 35.5. The molecule has 1 aromatic carbocycles. The van der Waals surface area contributed by atoms with Crippen molar-refractivity contribution in [2.75, 3.05) is 20.1 Å². The van der Waals surface area contributed by atoms with Crippen LogP contribution in [0.15, 0.2) is 24.3 Å². The van der Waals surface area contributed by atoms with Gasteiger partial charge in [0.1, 0.15) is 0 Å². The van der Waals surface area contributed by atoms with E-state index in [1.54, 1.807) is 24.3 Å². The van der Waals surface area contributed by atoms with E-state index in [0.29, 0.717) is 10.6 Å². The summed E-state index contributed by atoms with van der Waals surface area (Å²) in [6.45, 7) is 5.98. The normalized spacial score (nSPS) is 19.0. The first-order valence-electron chi connectivity index (χ1n) is 6.40. The first-order valence-corrected chi connectivity index (χ1v) is 6.78. The molecule has 3 nitrogen and oxygen atoms in total. The smallest absolute Gasteiger partial charge is 0.251 e. The first kappa shape index (κ1) is 15.0. The van der Waals surface area contributed by atoms with Crippen LogP contribution in [-0.2, 0) is 0 Å². The van der Waals surface area contributed by atoms with Crippen molar-refractivity contribution in [2.45, 2.75) is 26.3 Å². The Balaban J connectivity index is 0.000000771. The molecule has 0 bridgehead atoms. The highest BCUT2D eigenvalue weighted by molar-refractivity contribution is 6.30. The summed E-state index contributed by atoms with van der Waals surface area (Å²) in [6, 6.07) is 7.23. The summed E-state index contributed by atoms with van der Waals surface area (Å²) in [4.78, 5) is 14.1. The molecule has 1 saturated heterocycles. The Morgan fingerprint density at radius 2 is 1.94 bits per heavy atom. The van der Waals surface area contributed by atoms with Gasteiger partial charge in [-0.3, -0.25) is 4.79 Å². The molecular weight excluding hydrogens is 248 g/mol. The summed E-state index contributed by atoms with van der Waals surface area (Å²) in [5.74, 6) is -0.0167. The Morgan fingerprint density at radius 3 is 2.44 bits per heavy atom. The van der Waals surface area contributed by atoms with Crippen molar-refractivity contribution in [2.24, 2.45) is 0 Å². The number of benzene rings is 1. The monoisotopic (exact) mass is 268 g/mol. The molecule has 1 aliphatic rings. The predicted octanol–water partition coefficient (Wildman–Crippen LogP) is 2.80. The van der Waals surface area contributed by atoms with Gasteiger partial charge < -0.3 is 10.2 Å². The molecule has 0 unspecified atom stereocenters. The van der Waals surface area contributed by atoms with Crippen LogP contribution >= 0.6 is 11.6 Å². The van der Waals surface area contributed by atoms with E-state index in [4.69, 9.17) is 11.6 Å². The van der Waals surface area contributed by atoms with Gasteiger partial charge in [0.2, 0.25) is 0 Å². The molecule has 1 aromatic rings. The summed E-state index contributed by atoms with van der Waals surface area (Å²) >= 11 is 5.77. The van der Waals surface area contributed by atoms with Crippen molar-refractivity contribution in [3.63, 3.8) is 0 Å². The lowest BCUT2D eigenvalue weighted by Gasteiger charge is -2.12. The number of carbonyl (C=O) groups excluding carboxylic acids is 1. The lowest BCUT2D eigenvalue weighted by atomic mass is 10.2. The predicted molar refractivity (Wildman–Crippen MR) is 76.2 cm³/mol. The van der Waals surface area contributed by atoms with Gasteiger partial charge >= 0.3 is 0 Å². The third-order valence-electron chi connectivity index (χ3n) is 2.83. The molecule has 2 rings (SSSR count). The maximum atomic E-state index is 11.8. The lowest BCUT2D eigenvalue weighted by Crippen LogP contribution is -2.36. The molecule has 1 N–H and O–H groups in total. The van der Waals surface area contributed by atoms with E-state index < -0.39 is 0 Å². The molecule has 0 radical (unpaired) electrons. The van der Waals surface area contributed by atoms with Crippen molar-refractivity contribution in [1.29, 1.82) is 0 Å². The van der Waals surface area contributed by atoms with Crippen LogP contribution in [0.1, 0.15) is 30.6 Å². The van der Waals surface area contributed by atoms with Gasteiger partial charge in [0.05, 0.1) is 0 Å². The topological polar surface area (TPSA) is 32.3 Å². The van der Waals surface area contributed by atoms with E-state index >= 15 is 0 Å². The van der Waals surface area contributed by atoms with Crippen LogP contribution in [0.5, 0.6) is 0 Å². The Kier molecular flexibility index (Phi) is 6.16. The molecule has 18 heavy (non-hydrogen) atoms. The van der Waals surface area contributed by atoms with Crippen molar-refractivity contribution in [3.8, 4) is 0 Å². The maximum Gasteiger partial charge on any atom is 0.251 e. The van der Waals surface area contributed by atoms with Gasteiger partial charge in [-0.2, -0.15) is 0 Å². The molecule has 1 atom stereocenters. The molecule has 1 heterocycles. The van der Waals surface area contributed by atoms with Crippen molar-refractivity contribution < 1.29 is 4.79 Å². The van der Waals surface area contributed by atoms with E-state index in [9.17, 15) is 4.79 Å². The third kappa shape index (κ3) is 4.31. The third-order valence-corrected chi connectivity index (χ3v) is 3.08. The number of nitrogens with one attached hydrogen (secondary N) is 1. The number of hydrogen-bond acceptors (Lipinski definition) is 2. The molecular formula is C14H21ClN2O. The van der Waals surface area contributed by atoms with Gasteiger partial charge in [-0.15, -0.1) is 0 Å². The van der Waals surface area contributed by atoms with Crippen molar-refractivity contribution in [1.82, 2.24) is 10.2 Å². The molecule has 1 fully saturated rings.